The molecular formula is C8H8BrN3. The van der Waals surface area contributed by atoms with Crippen molar-refractivity contribution in [2.75, 3.05) is 17.6 Å². The Balaban J connectivity index is 2.81. The Morgan fingerprint density at radius 3 is 2.92 bits per heavy atom. The van der Waals surface area contributed by atoms with Gasteiger partial charge in [-0.1, -0.05) is 15.9 Å². The molecule has 0 fully saturated rings. The first-order valence-electron chi connectivity index (χ1n) is 3.40. The maximum atomic E-state index is 8.31. The Bertz CT molecular complexity index is 317. The van der Waals surface area contributed by atoms with Crippen molar-refractivity contribution in [1.29, 1.82) is 5.26 Å². The van der Waals surface area contributed by atoms with Gasteiger partial charge >= 0.3 is 0 Å². The average molecular weight is 226 g/mol. The monoisotopic (exact) mass is 225 g/mol. The number of hydrogen-bond donors (Lipinski definition) is 2. The van der Waals surface area contributed by atoms with Crippen molar-refractivity contribution in [2.24, 2.45) is 0 Å². The molecule has 1 aromatic rings. The number of nitrogens with two attached hydrogens (primary N) is 1. The summed E-state index contributed by atoms with van der Waals surface area (Å²) in [5, 5.41) is 11.2. The van der Waals surface area contributed by atoms with E-state index < -0.39 is 0 Å². The van der Waals surface area contributed by atoms with Crippen molar-refractivity contribution in [1.82, 2.24) is 0 Å². The molecule has 0 spiro atoms. The first-order valence-corrected chi connectivity index (χ1v) is 4.19. The second kappa shape index (κ2) is 3.98. The highest BCUT2D eigenvalue weighted by Crippen LogP contribution is 2.22. The van der Waals surface area contributed by atoms with E-state index in [-0.39, 0.29) is 6.54 Å². The first-order chi connectivity index (χ1) is 5.74. The van der Waals surface area contributed by atoms with Gasteiger partial charge in [-0.25, -0.2) is 0 Å². The van der Waals surface area contributed by atoms with Crippen LogP contribution in [0.2, 0.25) is 0 Å². The smallest absolute Gasteiger partial charge is 0.103 e. The number of hydrogen-bond acceptors (Lipinski definition) is 3. The molecule has 0 unspecified atom stereocenters. The summed E-state index contributed by atoms with van der Waals surface area (Å²) >= 11 is 3.29. The molecular weight excluding hydrogens is 218 g/mol. The molecule has 0 aliphatic rings. The summed E-state index contributed by atoms with van der Waals surface area (Å²) in [4.78, 5) is 0. The fourth-order valence-corrected chi connectivity index (χ4v) is 1.21. The van der Waals surface area contributed by atoms with E-state index in [1.54, 1.807) is 6.07 Å². The van der Waals surface area contributed by atoms with Crippen LogP contribution in [0.3, 0.4) is 0 Å². The van der Waals surface area contributed by atoms with Crippen LogP contribution in [0.15, 0.2) is 22.7 Å². The van der Waals surface area contributed by atoms with Crippen molar-refractivity contribution in [3.63, 3.8) is 0 Å². The molecule has 0 radical (unpaired) electrons. The average Bonchev–Trinajstić information content (AvgIpc) is 2.03. The van der Waals surface area contributed by atoms with Gasteiger partial charge in [0, 0.05) is 4.47 Å². The topological polar surface area (TPSA) is 61.8 Å². The van der Waals surface area contributed by atoms with Gasteiger partial charge in [-0.2, -0.15) is 5.26 Å². The highest BCUT2D eigenvalue weighted by atomic mass is 79.9. The van der Waals surface area contributed by atoms with Crippen molar-refractivity contribution in [3.05, 3.63) is 22.7 Å². The van der Waals surface area contributed by atoms with E-state index in [2.05, 4.69) is 21.2 Å². The summed E-state index contributed by atoms with van der Waals surface area (Å²) in [6, 6.07) is 7.47. The highest BCUT2D eigenvalue weighted by Gasteiger charge is 1.97. The lowest BCUT2D eigenvalue weighted by molar-refractivity contribution is 1.32. The Labute approximate surface area is 79.3 Å². The van der Waals surface area contributed by atoms with E-state index in [0.29, 0.717) is 5.69 Å². The number of benzene rings is 1. The molecule has 62 valence electrons. The molecule has 0 bridgehead atoms. The van der Waals surface area contributed by atoms with Gasteiger partial charge < -0.3 is 11.1 Å². The Kier molecular flexibility index (Phi) is 2.94. The minimum atomic E-state index is 0.270. The van der Waals surface area contributed by atoms with Crippen LogP contribution in [0.4, 0.5) is 11.4 Å². The Morgan fingerprint density at radius 2 is 2.33 bits per heavy atom. The predicted octanol–water partition coefficient (Wildman–Crippen LogP) is 1.97. The van der Waals surface area contributed by atoms with Crippen LogP contribution < -0.4 is 11.1 Å². The molecule has 1 aromatic carbocycles. The van der Waals surface area contributed by atoms with E-state index in [1.165, 1.54) is 0 Å². The zero-order valence-corrected chi connectivity index (χ0v) is 7.93. The number of nitrogen functional groups attached to an aromatic ring is 1. The molecule has 0 heterocycles. The van der Waals surface area contributed by atoms with Gasteiger partial charge in [-0.3, -0.25) is 0 Å². The molecule has 0 amide bonds. The normalized spacial score (nSPS) is 9.00. The maximum Gasteiger partial charge on any atom is 0.103 e. The number of nitrogens with zero attached hydrogens (tertiary/aromatic N) is 1. The van der Waals surface area contributed by atoms with Crippen molar-refractivity contribution in [3.8, 4) is 6.07 Å². The van der Waals surface area contributed by atoms with Crippen LogP contribution in [0.1, 0.15) is 0 Å². The van der Waals surface area contributed by atoms with Crippen LogP contribution in [0.25, 0.3) is 0 Å². The molecule has 4 heteroatoms. The summed E-state index contributed by atoms with van der Waals surface area (Å²) in [6.07, 6.45) is 0. The van der Waals surface area contributed by atoms with Crippen LogP contribution >= 0.6 is 15.9 Å². The van der Waals surface area contributed by atoms with E-state index in [9.17, 15) is 0 Å². The summed E-state index contributed by atoms with van der Waals surface area (Å²) < 4.78 is 0.933. The fraction of sp³-hybridized carbons (Fsp3) is 0.125. The largest absolute Gasteiger partial charge is 0.397 e. The lowest BCUT2D eigenvalue weighted by Gasteiger charge is -2.05. The molecule has 0 saturated heterocycles. The number of halogens is 1. The molecule has 1 rings (SSSR count). The minimum absolute atomic E-state index is 0.270. The van der Waals surface area contributed by atoms with Crippen LogP contribution in [-0.4, -0.2) is 6.54 Å². The van der Waals surface area contributed by atoms with Crippen LogP contribution in [0.5, 0.6) is 0 Å². The van der Waals surface area contributed by atoms with Gasteiger partial charge in [0.15, 0.2) is 0 Å². The SMILES string of the molecule is N#CCNc1ccc(Br)cc1N. The Hall–Kier alpha value is -1.21. The second-order valence-corrected chi connectivity index (χ2v) is 3.16. The standard InChI is InChI=1S/C8H8BrN3/c9-6-1-2-8(7(11)5-6)12-4-3-10/h1-2,5,12H,4,11H2. The summed E-state index contributed by atoms with van der Waals surface area (Å²) in [6.45, 7) is 0.270. The van der Waals surface area contributed by atoms with Crippen molar-refractivity contribution >= 4 is 27.3 Å². The lowest BCUT2D eigenvalue weighted by Crippen LogP contribution is -2.01. The molecule has 3 nitrogen and oxygen atoms in total. The summed E-state index contributed by atoms with van der Waals surface area (Å²) in [7, 11) is 0. The molecule has 0 saturated carbocycles. The quantitative estimate of drug-likeness (QED) is 0.598. The Morgan fingerprint density at radius 1 is 1.58 bits per heavy atom. The van der Waals surface area contributed by atoms with E-state index in [0.717, 1.165) is 10.2 Å². The fourth-order valence-electron chi connectivity index (χ4n) is 0.829. The number of nitrogens with one attached hydrogen (secondary N) is 1. The molecule has 12 heavy (non-hydrogen) atoms. The van der Waals surface area contributed by atoms with Crippen molar-refractivity contribution < 1.29 is 0 Å². The van der Waals surface area contributed by atoms with Gasteiger partial charge in [0.05, 0.1) is 17.4 Å². The number of anilines is 2. The molecule has 0 aliphatic heterocycles. The van der Waals surface area contributed by atoms with E-state index in [1.807, 2.05) is 18.2 Å². The third-order valence-electron chi connectivity index (χ3n) is 1.37. The molecule has 3 N–H and O–H groups in total. The van der Waals surface area contributed by atoms with Gasteiger partial charge in [0.2, 0.25) is 0 Å². The number of nitriles is 1. The molecule has 0 aromatic heterocycles. The lowest BCUT2D eigenvalue weighted by atomic mass is 10.3. The van der Waals surface area contributed by atoms with E-state index in [4.69, 9.17) is 11.0 Å². The number of rotatable bonds is 2. The maximum absolute atomic E-state index is 8.31. The van der Waals surface area contributed by atoms with Crippen LogP contribution in [-0.2, 0) is 0 Å². The van der Waals surface area contributed by atoms with Gasteiger partial charge in [-0.05, 0) is 18.2 Å². The van der Waals surface area contributed by atoms with Gasteiger partial charge in [0.1, 0.15) is 6.54 Å². The van der Waals surface area contributed by atoms with Gasteiger partial charge in [0.25, 0.3) is 0 Å². The third-order valence-corrected chi connectivity index (χ3v) is 1.86. The van der Waals surface area contributed by atoms with E-state index >= 15 is 0 Å². The minimum Gasteiger partial charge on any atom is -0.397 e. The predicted molar refractivity (Wildman–Crippen MR) is 52.7 cm³/mol. The van der Waals surface area contributed by atoms with Gasteiger partial charge in [-0.15, -0.1) is 0 Å². The summed E-state index contributed by atoms with van der Waals surface area (Å²) in [5.41, 5.74) is 7.09. The second-order valence-electron chi connectivity index (χ2n) is 2.24. The van der Waals surface area contributed by atoms with Crippen LogP contribution in [0, 0.1) is 11.3 Å². The molecule has 0 aliphatic carbocycles. The first kappa shape index (κ1) is 8.88. The summed E-state index contributed by atoms with van der Waals surface area (Å²) in [5.74, 6) is 0. The molecule has 0 atom stereocenters. The third kappa shape index (κ3) is 2.14. The zero-order valence-electron chi connectivity index (χ0n) is 6.34. The zero-order chi connectivity index (χ0) is 8.97. The highest BCUT2D eigenvalue weighted by molar-refractivity contribution is 9.10. The van der Waals surface area contributed by atoms with Crippen molar-refractivity contribution in [2.45, 2.75) is 0 Å².